The number of furan rings is 2. The van der Waals surface area contributed by atoms with Crippen molar-refractivity contribution in [3.63, 3.8) is 0 Å². The summed E-state index contributed by atoms with van der Waals surface area (Å²) in [5.41, 5.74) is 14.4. The first-order valence-corrected chi connectivity index (χ1v) is 21.5. The molecular weight excluding hydrogens is 783 g/mol. The molecule has 0 N–H and O–H groups in total. The molecule has 0 saturated carbocycles. The Balaban J connectivity index is 1.06. The predicted octanol–water partition coefficient (Wildman–Crippen LogP) is 16.0. The van der Waals surface area contributed by atoms with Gasteiger partial charge in [-0.25, -0.2) is 9.97 Å². The van der Waals surface area contributed by atoms with E-state index in [1.165, 1.54) is 21.5 Å². The van der Waals surface area contributed by atoms with Crippen LogP contribution in [0.2, 0.25) is 0 Å². The van der Waals surface area contributed by atoms with E-state index in [2.05, 4.69) is 181 Å². The van der Waals surface area contributed by atoms with Gasteiger partial charge in [-0.2, -0.15) is 0 Å². The van der Waals surface area contributed by atoms with Crippen molar-refractivity contribution in [2.24, 2.45) is 0 Å². The molecule has 0 amide bonds. The van der Waals surface area contributed by atoms with Crippen molar-refractivity contribution in [2.45, 2.75) is 0 Å². The number of rotatable bonds is 6. The fourth-order valence-corrected chi connectivity index (χ4v) is 9.49. The van der Waals surface area contributed by atoms with E-state index in [1.807, 2.05) is 30.5 Å². The van der Waals surface area contributed by atoms with Gasteiger partial charge in [0.15, 0.2) is 5.82 Å². The second-order valence-corrected chi connectivity index (χ2v) is 16.4. The second kappa shape index (κ2) is 14.5. The first-order chi connectivity index (χ1) is 31.7. The first-order valence-electron chi connectivity index (χ1n) is 21.5. The molecule has 0 aliphatic heterocycles. The molecular formula is C59H35N3O2. The summed E-state index contributed by atoms with van der Waals surface area (Å²) in [4.78, 5) is 15.1. The van der Waals surface area contributed by atoms with Gasteiger partial charge in [0, 0.05) is 56.2 Å². The third kappa shape index (κ3) is 5.98. The number of nitrogens with zero attached hydrogens (tertiary/aromatic N) is 3. The van der Waals surface area contributed by atoms with Crippen LogP contribution in [0.25, 0.3) is 133 Å². The molecule has 0 atom stereocenters. The molecule has 9 aromatic carbocycles. The van der Waals surface area contributed by atoms with Crippen LogP contribution in [0.1, 0.15) is 0 Å². The molecule has 4 heterocycles. The van der Waals surface area contributed by atoms with Gasteiger partial charge >= 0.3 is 0 Å². The van der Waals surface area contributed by atoms with Crippen molar-refractivity contribution in [2.75, 3.05) is 0 Å². The molecule has 0 aliphatic rings. The lowest BCUT2D eigenvalue weighted by atomic mass is 9.92. The third-order valence-corrected chi connectivity index (χ3v) is 12.5. The maximum absolute atomic E-state index is 6.46. The van der Waals surface area contributed by atoms with E-state index in [0.29, 0.717) is 5.82 Å². The first kappa shape index (κ1) is 36.0. The van der Waals surface area contributed by atoms with Crippen LogP contribution in [-0.4, -0.2) is 15.0 Å². The number of hydrogen-bond donors (Lipinski definition) is 0. The van der Waals surface area contributed by atoms with E-state index < -0.39 is 0 Å². The fraction of sp³-hybridized carbons (Fsp3) is 0. The molecule has 0 aliphatic carbocycles. The average molecular weight is 818 g/mol. The number of fused-ring (bicyclic) bond motifs is 10. The van der Waals surface area contributed by atoms with Gasteiger partial charge < -0.3 is 8.83 Å². The topological polar surface area (TPSA) is 65.0 Å². The van der Waals surface area contributed by atoms with Gasteiger partial charge in [0.2, 0.25) is 0 Å². The van der Waals surface area contributed by atoms with Crippen LogP contribution in [0, 0.1) is 0 Å². The normalized spacial score (nSPS) is 11.8. The highest BCUT2D eigenvalue weighted by atomic mass is 16.3. The highest BCUT2D eigenvalue weighted by Gasteiger charge is 2.19. The van der Waals surface area contributed by atoms with Crippen LogP contribution in [0.15, 0.2) is 221 Å². The zero-order valence-corrected chi connectivity index (χ0v) is 34.4. The Bertz CT molecular complexity index is 3790. The standard InChI is InChI=1S/C59H35N3O2/c1-2-13-38(14-3-1)59-61-51(34-52(62-59)48-19-9-8-16-45(48)41-15-10-28-60-35-41)44-30-42(39-22-24-53-49(32-39)57-46-17-6-4-11-36(46)20-26-55(57)63-53)29-43(31-44)40-23-25-54-50(33-40)58-47-18-7-5-12-37(47)21-27-56(58)64-54/h1-35H. The Morgan fingerprint density at radius 1 is 0.312 bits per heavy atom. The molecule has 0 spiro atoms. The van der Waals surface area contributed by atoms with Crippen LogP contribution in [0.3, 0.4) is 0 Å². The fourth-order valence-electron chi connectivity index (χ4n) is 9.49. The smallest absolute Gasteiger partial charge is 0.160 e. The molecule has 0 unspecified atom stereocenters. The zero-order valence-electron chi connectivity index (χ0n) is 34.4. The van der Waals surface area contributed by atoms with Crippen molar-refractivity contribution < 1.29 is 8.83 Å². The Labute approximate surface area is 367 Å². The highest BCUT2D eigenvalue weighted by molar-refractivity contribution is 6.20. The maximum atomic E-state index is 6.46. The molecule has 13 rings (SSSR count). The lowest BCUT2D eigenvalue weighted by molar-refractivity contribution is 0.669. The van der Waals surface area contributed by atoms with Crippen LogP contribution >= 0.6 is 0 Å². The summed E-state index contributed by atoms with van der Waals surface area (Å²) in [6.07, 6.45) is 3.71. The molecule has 5 heteroatoms. The summed E-state index contributed by atoms with van der Waals surface area (Å²) in [6.45, 7) is 0. The van der Waals surface area contributed by atoms with Crippen molar-refractivity contribution >= 4 is 65.4 Å². The van der Waals surface area contributed by atoms with Gasteiger partial charge in [-0.3, -0.25) is 4.98 Å². The van der Waals surface area contributed by atoms with Crippen LogP contribution in [-0.2, 0) is 0 Å². The zero-order chi connectivity index (χ0) is 42.1. The Morgan fingerprint density at radius 3 is 1.47 bits per heavy atom. The van der Waals surface area contributed by atoms with Gasteiger partial charge in [0.25, 0.3) is 0 Å². The van der Waals surface area contributed by atoms with Crippen LogP contribution < -0.4 is 0 Å². The second-order valence-electron chi connectivity index (χ2n) is 16.4. The molecule has 64 heavy (non-hydrogen) atoms. The van der Waals surface area contributed by atoms with E-state index in [9.17, 15) is 0 Å². The molecule has 0 bridgehead atoms. The van der Waals surface area contributed by atoms with Crippen molar-refractivity contribution in [3.05, 3.63) is 213 Å². The Kier molecular flexibility index (Phi) is 8.15. The van der Waals surface area contributed by atoms with Crippen LogP contribution in [0.5, 0.6) is 0 Å². The lowest BCUT2D eigenvalue weighted by Gasteiger charge is -2.15. The third-order valence-electron chi connectivity index (χ3n) is 12.5. The number of hydrogen-bond acceptors (Lipinski definition) is 5. The number of pyridine rings is 1. The average Bonchev–Trinajstić information content (AvgIpc) is 3.95. The van der Waals surface area contributed by atoms with E-state index in [4.69, 9.17) is 18.8 Å². The minimum Gasteiger partial charge on any atom is -0.456 e. The summed E-state index contributed by atoms with van der Waals surface area (Å²) in [6, 6.07) is 70.2. The number of benzene rings is 9. The molecule has 5 nitrogen and oxygen atoms in total. The van der Waals surface area contributed by atoms with Crippen molar-refractivity contribution in [3.8, 4) is 67.3 Å². The van der Waals surface area contributed by atoms with Gasteiger partial charge in [0.1, 0.15) is 22.3 Å². The van der Waals surface area contributed by atoms with Crippen LogP contribution in [0.4, 0.5) is 0 Å². The van der Waals surface area contributed by atoms with E-state index in [0.717, 1.165) is 105 Å². The predicted molar refractivity (Wildman–Crippen MR) is 262 cm³/mol. The molecule has 0 radical (unpaired) electrons. The van der Waals surface area contributed by atoms with Gasteiger partial charge in [-0.1, -0.05) is 133 Å². The van der Waals surface area contributed by atoms with E-state index in [1.54, 1.807) is 6.20 Å². The minimum absolute atomic E-state index is 0.650. The minimum atomic E-state index is 0.650. The highest BCUT2D eigenvalue weighted by Crippen LogP contribution is 2.42. The maximum Gasteiger partial charge on any atom is 0.160 e. The molecule has 13 aromatic rings. The monoisotopic (exact) mass is 817 g/mol. The Morgan fingerprint density at radius 2 is 0.844 bits per heavy atom. The SMILES string of the molecule is c1ccc(-c2nc(-c3cc(-c4ccc5oc6ccc7ccccc7c6c5c4)cc(-c4ccc5oc6ccc7ccccc7c6c5c4)c3)cc(-c3ccccc3-c3cccnc3)n2)cc1. The van der Waals surface area contributed by atoms with Gasteiger partial charge in [0.05, 0.1) is 11.4 Å². The lowest BCUT2D eigenvalue weighted by Crippen LogP contribution is -1.97. The molecule has 4 aromatic heterocycles. The largest absolute Gasteiger partial charge is 0.456 e. The summed E-state index contributed by atoms with van der Waals surface area (Å²) in [5, 5.41) is 9.11. The summed E-state index contributed by atoms with van der Waals surface area (Å²) < 4.78 is 12.9. The van der Waals surface area contributed by atoms with E-state index in [-0.39, 0.29) is 0 Å². The summed E-state index contributed by atoms with van der Waals surface area (Å²) in [5.74, 6) is 0.650. The Hall–Kier alpha value is -8.67. The van der Waals surface area contributed by atoms with Crippen molar-refractivity contribution in [1.82, 2.24) is 15.0 Å². The van der Waals surface area contributed by atoms with Crippen molar-refractivity contribution in [1.29, 1.82) is 0 Å². The molecule has 0 fully saturated rings. The number of aromatic nitrogens is 3. The summed E-state index contributed by atoms with van der Waals surface area (Å²) in [7, 11) is 0. The quantitative estimate of drug-likeness (QED) is 0.167. The molecule has 298 valence electrons. The van der Waals surface area contributed by atoms with E-state index >= 15 is 0 Å². The molecule has 0 saturated heterocycles. The summed E-state index contributed by atoms with van der Waals surface area (Å²) >= 11 is 0. The van der Waals surface area contributed by atoms with Gasteiger partial charge in [-0.05, 0) is 116 Å². The van der Waals surface area contributed by atoms with Gasteiger partial charge in [-0.15, -0.1) is 0 Å².